The van der Waals surface area contributed by atoms with Gasteiger partial charge in [0, 0.05) is 28.7 Å². The molecule has 3 rings (SSSR count). The van der Waals surface area contributed by atoms with Crippen molar-refractivity contribution in [2.75, 3.05) is 19.6 Å². The van der Waals surface area contributed by atoms with E-state index in [4.69, 9.17) is 0 Å². The number of nitrogens with zero attached hydrogens (tertiary/aromatic N) is 1. The molecule has 1 saturated heterocycles. The van der Waals surface area contributed by atoms with Gasteiger partial charge in [-0.2, -0.15) is 0 Å². The third-order valence-electron chi connectivity index (χ3n) is 4.79. The van der Waals surface area contributed by atoms with Crippen molar-refractivity contribution in [3.8, 4) is 0 Å². The van der Waals surface area contributed by atoms with Crippen LogP contribution >= 0.6 is 15.9 Å². The zero-order valence-corrected chi connectivity index (χ0v) is 14.2. The first-order valence-electron chi connectivity index (χ1n) is 8.06. The topological polar surface area (TPSA) is 15.3 Å². The van der Waals surface area contributed by atoms with Crippen LogP contribution in [0.2, 0.25) is 0 Å². The molecule has 1 heterocycles. The van der Waals surface area contributed by atoms with Crippen molar-refractivity contribution in [3.63, 3.8) is 0 Å². The first-order valence-corrected chi connectivity index (χ1v) is 8.86. The third kappa shape index (κ3) is 3.85. The summed E-state index contributed by atoms with van der Waals surface area (Å²) in [6.07, 6.45) is 5.09. The van der Waals surface area contributed by atoms with Crippen molar-refractivity contribution in [3.05, 3.63) is 34.1 Å². The van der Waals surface area contributed by atoms with Gasteiger partial charge in [-0.05, 0) is 69.8 Å². The van der Waals surface area contributed by atoms with Crippen LogP contribution in [0.4, 0.5) is 4.39 Å². The molecule has 1 aromatic carbocycles. The van der Waals surface area contributed by atoms with Gasteiger partial charge in [-0.3, -0.25) is 4.90 Å². The summed E-state index contributed by atoms with van der Waals surface area (Å²) in [6.45, 7) is 5.50. The highest BCUT2D eigenvalue weighted by molar-refractivity contribution is 9.10. The molecule has 1 N–H and O–H groups in total. The molecule has 2 nitrogen and oxygen atoms in total. The lowest BCUT2D eigenvalue weighted by Gasteiger charge is -2.34. The van der Waals surface area contributed by atoms with Crippen molar-refractivity contribution < 1.29 is 4.39 Å². The molecular weight excluding hydrogens is 331 g/mol. The van der Waals surface area contributed by atoms with Crippen LogP contribution in [0.15, 0.2) is 22.7 Å². The molecule has 116 valence electrons. The molecule has 1 aliphatic heterocycles. The number of halogens is 2. The molecule has 1 aromatic rings. The predicted molar refractivity (Wildman–Crippen MR) is 87.8 cm³/mol. The van der Waals surface area contributed by atoms with Crippen LogP contribution in [0, 0.1) is 11.7 Å². The third-order valence-corrected chi connectivity index (χ3v) is 5.28. The van der Waals surface area contributed by atoms with Crippen LogP contribution in [0.1, 0.15) is 44.2 Å². The predicted octanol–water partition coefficient (Wildman–Crippen LogP) is 4.11. The van der Waals surface area contributed by atoms with E-state index in [0.717, 1.165) is 29.7 Å². The molecule has 0 spiro atoms. The Hall–Kier alpha value is -0.450. The van der Waals surface area contributed by atoms with E-state index >= 15 is 0 Å². The molecule has 1 aliphatic carbocycles. The van der Waals surface area contributed by atoms with Crippen LogP contribution in [-0.4, -0.2) is 30.6 Å². The van der Waals surface area contributed by atoms with Gasteiger partial charge in [0.25, 0.3) is 0 Å². The second-order valence-corrected chi connectivity index (χ2v) is 7.40. The Bertz CT molecular complexity index is 484. The quantitative estimate of drug-likeness (QED) is 0.855. The van der Waals surface area contributed by atoms with Gasteiger partial charge >= 0.3 is 0 Å². The summed E-state index contributed by atoms with van der Waals surface area (Å²) in [6, 6.07) is 6.09. The van der Waals surface area contributed by atoms with E-state index in [1.807, 2.05) is 6.07 Å². The van der Waals surface area contributed by atoms with Crippen LogP contribution in [-0.2, 0) is 0 Å². The number of hydrogen-bond donors (Lipinski definition) is 1. The van der Waals surface area contributed by atoms with E-state index < -0.39 is 0 Å². The van der Waals surface area contributed by atoms with Gasteiger partial charge in [0.1, 0.15) is 5.82 Å². The molecule has 2 fully saturated rings. The fourth-order valence-electron chi connectivity index (χ4n) is 3.42. The first-order chi connectivity index (χ1) is 10.1. The molecule has 0 radical (unpaired) electrons. The zero-order valence-electron chi connectivity index (χ0n) is 12.6. The molecule has 21 heavy (non-hydrogen) atoms. The van der Waals surface area contributed by atoms with Crippen molar-refractivity contribution in [1.82, 2.24) is 10.2 Å². The highest BCUT2D eigenvalue weighted by Crippen LogP contribution is 2.36. The molecule has 0 bridgehead atoms. The summed E-state index contributed by atoms with van der Waals surface area (Å²) >= 11 is 3.47. The lowest BCUT2D eigenvalue weighted by molar-refractivity contribution is 0.151. The van der Waals surface area contributed by atoms with Crippen LogP contribution in [0.3, 0.4) is 0 Å². The van der Waals surface area contributed by atoms with E-state index in [9.17, 15) is 4.39 Å². The Labute approximate surface area is 135 Å². The lowest BCUT2D eigenvalue weighted by atomic mass is 9.97. The standard InChI is InChI=1S/C17H24BrFN2/c1-12(16-9-14(18)4-7-17(16)19)21(15-5-6-15)11-13-3-2-8-20-10-13/h4,7,9,12-13,15,20H,2-3,5-6,8,10-11H2,1H3. The number of nitrogens with one attached hydrogen (secondary N) is 1. The summed E-state index contributed by atoms with van der Waals surface area (Å²) in [4.78, 5) is 2.53. The SMILES string of the molecule is CC(c1cc(Br)ccc1F)N(CC1CCCNC1)C1CC1. The Morgan fingerprint density at radius 3 is 2.86 bits per heavy atom. The Kier molecular flexibility index (Phi) is 4.97. The van der Waals surface area contributed by atoms with E-state index in [2.05, 4.69) is 33.1 Å². The Morgan fingerprint density at radius 2 is 2.19 bits per heavy atom. The van der Waals surface area contributed by atoms with E-state index in [1.165, 1.54) is 25.7 Å². The zero-order chi connectivity index (χ0) is 14.8. The minimum absolute atomic E-state index is 0.0851. The van der Waals surface area contributed by atoms with Gasteiger partial charge in [0.05, 0.1) is 0 Å². The summed E-state index contributed by atoms with van der Waals surface area (Å²) in [5.41, 5.74) is 0.819. The van der Waals surface area contributed by atoms with Gasteiger partial charge < -0.3 is 5.32 Å². The van der Waals surface area contributed by atoms with Gasteiger partial charge in [0.15, 0.2) is 0 Å². The number of benzene rings is 1. The van der Waals surface area contributed by atoms with Gasteiger partial charge in [-0.15, -0.1) is 0 Å². The Balaban J connectivity index is 1.74. The number of piperidine rings is 1. The van der Waals surface area contributed by atoms with E-state index in [-0.39, 0.29) is 11.9 Å². The highest BCUT2D eigenvalue weighted by atomic mass is 79.9. The molecule has 2 aliphatic rings. The lowest BCUT2D eigenvalue weighted by Crippen LogP contribution is -2.40. The molecule has 4 heteroatoms. The molecule has 1 saturated carbocycles. The first kappa shape index (κ1) is 15.4. The maximum atomic E-state index is 14.2. The number of hydrogen-bond acceptors (Lipinski definition) is 2. The largest absolute Gasteiger partial charge is 0.316 e. The van der Waals surface area contributed by atoms with Gasteiger partial charge in [-0.1, -0.05) is 15.9 Å². The molecule has 2 atom stereocenters. The maximum Gasteiger partial charge on any atom is 0.128 e. The van der Waals surface area contributed by atoms with Gasteiger partial charge in [-0.25, -0.2) is 4.39 Å². The summed E-state index contributed by atoms with van der Waals surface area (Å²) in [7, 11) is 0. The second kappa shape index (κ2) is 6.76. The molecule has 0 amide bonds. The van der Waals surface area contributed by atoms with Gasteiger partial charge in [0.2, 0.25) is 0 Å². The average Bonchev–Trinajstić information content (AvgIpc) is 3.32. The monoisotopic (exact) mass is 354 g/mol. The molecular formula is C17H24BrFN2. The van der Waals surface area contributed by atoms with E-state index in [1.54, 1.807) is 12.1 Å². The summed E-state index contributed by atoms with van der Waals surface area (Å²) in [5.74, 6) is 0.620. The molecule has 2 unspecified atom stereocenters. The van der Waals surface area contributed by atoms with Crippen molar-refractivity contribution in [2.24, 2.45) is 5.92 Å². The minimum Gasteiger partial charge on any atom is -0.316 e. The number of rotatable bonds is 5. The van der Waals surface area contributed by atoms with Crippen LogP contribution in [0.25, 0.3) is 0 Å². The van der Waals surface area contributed by atoms with Crippen LogP contribution in [0.5, 0.6) is 0 Å². The van der Waals surface area contributed by atoms with Crippen molar-refractivity contribution >= 4 is 15.9 Å². The second-order valence-electron chi connectivity index (χ2n) is 6.48. The highest BCUT2D eigenvalue weighted by Gasteiger charge is 2.35. The average molecular weight is 355 g/mol. The van der Waals surface area contributed by atoms with Crippen LogP contribution < -0.4 is 5.32 Å². The Morgan fingerprint density at radius 1 is 1.38 bits per heavy atom. The molecule has 0 aromatic heterocycles. The maximum absolute atomic E-state index is 14.2. The summed E-state index contributed by atoms with van der Waals surface area (Å²) in [5, 5.41) is 3.49. The fourth-order valence-corrected chi connectivity index (χ4v) is 3.80. The smallest absolute Gasteiger partial charge is 0.128 e. The normalized spacial score (nSPS) is 24.3. The van der Waals surface area contributed by atoms with Crippen molar-refractivity contribution in [2.45, 2.75) is 44.7 Å². The fraction of sp³-hybridized carbons (Fsp3) is 0.647. The minimum atomic E-state index is -0.0851. The van der Waals surface area contributed by atoms with E-state index in [0.29, 0.717) is 12.0 Å². The van der Waals surface area contributed by atoms with Crippen molar-refractivity contribution in [1.29, 1.82) is 0 Å². The summed E-state index contributed by atoms with van der Waals surface area (Å²) < 4.78 is 15.1.